The van der Waals surface area contributed by atoms with Gasteiger partial charge in [0.05, 0.1) is 0 Å². The van der Waals surface area contributed by atoms with E-state index in [4.69, 9.17) is 4.74 Å². The van der Waals surface area contributed by atoms with Gasteiger partial charge in [0.15, 0.2) is 23.2 Å². The fourth-order valence-electron chi connectivity index (χ4n) is 4.71. The molecule has 1 aliphatic carbocycles. The topological polar surface area (TPSA) is 9.23 Å². The summed E-state index contributed by atoms with van der Waals surface area (Å²) in [6.45, 7) is 5.66. The first-order chi connectivity index (χ1) is 15.5. The van der Waals surface area contributed by atoms with Crippen LogP contribution in [0.5, 0.6) is 5.75 Å². The summed E-state index contributed by atoms with van der Waals surface area (Å²) >= 11 is 0. The Morgan fingerprint density at radius 2 is 1.50 bits per heavy atom. The summed E-state index contributed by atoms with van der Waals surface area (Å²) in [5, 5.41) is 0. The highest BCUT2D eigenvalue weighted by Crippen LogP contribution is 2.41. The molecule has 1 aliphatic rings. The lowest BCUT2D eigenvalue weighted by Gasteiger charge is -2.29. The highest BCUT2D eigenvalue weighted by atomic mass is 19.2. The molecule has 0 bridgehead atoms. The lowest BCUT2D eigenvalue weighted by atomic mass is 9.76. The van der Waals surface area contributed by atoms with Crippen molar-refractivity contribution in [1.29, 1.82) is 0 Å². The molecule has 0 spiro atoms. The number of benzene rings is 2. The van der Waals surface area contributed by atoms with Crippen molar-refractivity contribution in [2.24, 2.45) is 5.92 Å². The Morgan fingerprint density at radius 1 is 0.844 bits per heavy atom. The van der Waals surface area contributed by atoms with Gasteiger partial charge >= 0.3 is 0 Å². The SMILES string of the molecule is C=CCOc1ccc(-c2ccc(C3CCC(CCCCCC)CC3)c(F)c2F)c(F)c1F. The number of rotatable bonds is 10. The fourth-order valence-corrected chi connectivity index (χ4v) is 4.71. The van der Waals surface area contributed by atoms with Crippen molar-refractivity contribution in [3.05, 3.63) is 65.8 Å². The zero-order valence-corrected chi connectivity index (χ0v) is 18.7. The largest absolute Gasteiger partial charge is 0.486 e. The van der Waals surface area contributed by atoms with E-state index in [0.29, 0.717) is 11.5 Å². The van der Waals surface area contributed by atoms with Crippen molar-refractivity contribution < 1.29 is 22.3 Å². The Hall–Kier alpha value is -2.30. The lowest BCUT2D eigenvalue weighted by Crippen LogP contribution is -2.15. The third-order valence-corrected chi connectivity index (χ3v) is 6.56. The molecule has 2 aromatic rings. The lowest BCUT2D eigenvalue weighted by molar-refractivity contribution is 0.297. The molecule has 0 aliphatic heterocycles. The third kappa shape index (κ3) is 5.54. The van der Waals surface area contributed by atoms with Crippen LogP contribution >= 0.6 is 0 Å². The molecule has 3 rings (SSSR count). The van der Waals surface area contributed by atoms with E-state index in [1.807, 2.05) is 0 Å². The van der Waals surface area contributed by atoms with Crippen molar-refractivity contribution in [1.82, 2.24) is 0 Å². The predicted octanol–water partition coefficient (Wildman–Crippen LogP) is 8.72. The van der Waals surface area contributed by atoms with Crippen molar-refractivity contribution >= 4 is 0 Å². The minimum atomic E-state index is -1.26. The Morgan fingerprint density at radius 3 is 2.16 bits per heavy atom. The summed E-state index contributed by atoms with van der Waals surface area (Å²) in [6.07, 6.45) is 11.3. The molecule has 0 unspecified atom stereocenters. The first-order valence-electron chi connectivity index (χ1n) is 11.7. The average molecular weight is 449 g/mol. The maximum atomic E-state index is 15.0. The fraction of sp³-hybridized carbons (Fsp3) is 0.481. The van der Waals surface area contributed by atoms with E-state index < -0.39 is 23.3 Å². The van der Waals surface area contributed by atoms with Crippen LogP contribution in [0, 0.1) is 29.2 Å². The summed E-state index contributed by atoms with van der Waals surface area (Å²) in [4.78, 5) is 0. The monoisotopic (exact) mass is 448 g/mol. The van der Waals surface area contributed by atoms with Gasteiger partial charge in [0.25, 0.3) is 0 Å². The van der Waals surface area contributed by atoms with Crippen molar-refractivity contribution in [3.8, 4) is 16.9 Å². The first kappa shape index (κ1) is 24.3. The van der Waals surface area contributed by atoms with E-state index in [9.17, 15) is 17.6 Å². The Labute approximate surface area is 188 Å². The molecule has 0 amide bonds. The molecule has 5 heteroatoms. The predicted molar refractivity (Wildman–Crippen MR) is 121 cm³/mol. The van der Waals surface area contributed by atoms with E-state index in [-0.39, 0.29) is 29.4 Å². The van der Waals surface area contributed by atoms with E-state index in [1.165, 1.54) is 62.4 Å². The first-order valence-corrected chi connectivity index (χ1v) is 11.7. The Balaban J connectivity index is 1.73. The highest BCUT2D eigenvalue weighted by molar-refractivity contribution is 5.66. The van der Waals surface area contributed by atoms with E-state index in [2.05, 4.69) is 13.5 Å². The number of hydrogen-bond donors (Lipinski definition) is 0. The van der Waals surface area contributed by atoms with Gasteiger partial charge in [0, 0.05) is 11.1 Å². The molecule has 1 nitrogen and oxygen atoms in total. The Kier molecular flexibility index (Phi) is 8.77. The normalized spacial score (nSPS) is 18.5. The van der Waals surface area contributed by atoms with Gasteiger partial charge in [-0.15, -0.1) is 0 Å². The van der Waals surface area contributed by atoms with Gasteiger partial charge < -0.3 is 4.74 Å². The molecule has 174 valence electrons. The van der Waals surface area contributed by atoms with Gasteiger partial charge in [0.1, 0.15) is 6.61 Å². The van der Waals surface area contributed by atoms with Gasteiger partial charge in [0.2, 0.25) is 5.82 Å². The second-order valence-electron chi connectivity index (χ2n) is 8.74. The molecule has 1 fully saturated rings. The molecule has 0 N–H and O–H groups in total. The molecule has 0 radical (unpaired) electrons. The summed E-state index contributed by atoms with van der Waals surface area (Å²) in [7, 11) is 0. The minimum Gasteiger partial charge on any atom is -0.486 e. The van der Waals surface area contributed by atoms with E-state index in [0.717, 1.165) is 25.7 Å². The molecule has 32 heavy (non-hydrogen) atoms. The highest BCUT2D eigenvalue weighted by Gasteiger charge is 2.27. The molecule has 0 atom stereocenters. The van der Waals surface area contributed by atoms with Crippen molar-refractivity contribution in [2.75, 3.05) is 6.61 Å². The number of hydrogen-bond acceptors (Lipinski definition) is 1. The summed E-state index contributed by atoms with van der Waals surface area (Å²) in [6, 6.07) is 5.30. The van der Waals surface area contributed by atoms with Crippen LogP contribution in [0.15, 0.2) is 36.9 Å². The van der Waals surface area contributed by atoms with Gasteiger partial charge in [-0.25, -0.2) is 13.2 Å². The van der Waals surface area contributed by atoms with Crippen LogP contribution in [0.3, 0.4) is 0 Å². The molecular weight excluding hydrogens is 416 g/mol. The summed E-state index contributed by atoms with van der Waals surface area (Å²) in [5.74, 6) is -4.26. The van der Waals surface area contributed by atoms with Crippen LogP contribution < -0.4 is 4.74 Å². The second-order valence-corrected chi connectivity index (χ2v) is 8.74. The molecular formula is C27H32F4O. The number of halogens is 4. The van der Waals surface area contributed by atoms with Crippen LogP contribution in [-0.2, 0) is 0 Å². The Bertz CT molecular complexity index is 916. The van der Waals surface area contributed by atoms with Gasteiger partial charge in [-0.2, -0.15) is 4.39 Å². The maximum absolute atomic E-state index is 15.0. The quantitative estimate of drug-likeness (QED) is 0.201. The number of ether oxygens (including phenoxy) is 1. The second kappa shape index (κ2) is 11.5. The van der Waals surface area contributed by atoms with Gasteiger partial charge in [-0.1, -0.05) is 63.8 Å². The molecule has 0 saturated heterocycles. The molecule has 0 heterocycles. The summed E-state index contributed by atoms with van der Waals surface area (Å²) < 4.78 is 63.8. The van der Waals surface area contributed by atoms with Crippen LogP contribution in [0.1, 0.15) is 76.2 Å². The van der Waals surface area contributed by atoms with Crippen LogP contribution in [-0.4, -0.2) is 6.61 Å². The smallest absolute Gasteiger partial charge is 0.201 e. The minimum absolute atomic E-state index is 0.00831. The molecule has 2 aromatic carbocycles. The number of unbranched alkanes of at least 4 members (excludes halogenated alkanes) is 3. The maximum Gasteiger partial charge on any atom is 0.201 e. The molecule has 1 saturated carbocycles. The molecule has 0 aromatic heterocycles. The van der Waals surface area contributed by atoms with Gasteiger partial charge in [-0.3, -0.25) is 0 Å². The zero-order valence-electron chi connectivity index (χ0n) is 18.7. The van der Waals surface area contributed by atoms with Crippen molar-refractivity contribution in [3.63, 3.8) is 0 Å². The van der Waals surface area contributed by atoms with Crippen molar-refractivity contribution in [2.45, 2.75) is 70.6 Å². The third-order valence-electron chi connectivity index (χ3n) is 6.56. The van der Waals surface area contributed by atoms with Gasteiger partial charge in [-0.05, 0) is 55.2 Å². The standard InChI is InChI=1S/C27H32F4O/c1-3-5-6-7-8-18-9-11-19(12-10-18)20-13-14-21(25(29)24(20)28)22-15-16-23(32-17-4-2)27(31)26(22)30/h4,13-16,18-19H,2-3,5-12,17H2,1H3. The van der Waals surface area contributed by atoms with E-state index in [1.54, 1.807) is 0 Å². The average Bonchev–Trinajstić information content (AvgIpc) is 2.80. The van der Waals surface area contributed by atoms with Crippen LogP contribution in [0.4, 0.5) is 17.6 Å². The van der Waals surface area contributed by atoms with Crippen LogP contribution in [0.2, 0.25) is 0 Å². The van der Waals surface area contributed by atoms with E-state index >= 15 is 0 Å². The van der Waals surface area contributed by atoms with Crippen LogP contribution in [0.25, 0.3) is 11.1 Å². The zero-order chi connectivity index (χ0) is 23.1. The summed E-state index contributed by atoms with van der Waals surface area (Å²) in [5.41, 5.74) is -0.280.